The fourth-order valence-corrected chi connectivity index (χ4v) is 12.5. The normalized spacial score (nSPS) is 26.6. The van der Waals surface area contributed by atoms with Crippen molar-refractivity contribution in [2.45, 2.75) is 197 Å². The highest BCUT2D eigenvalue weighted by Gasteiger charge is 2.44. The molecule has 2 aromatic heterocycles. The molecule has 2 saturated heterocycles. The molecule has 3 aromatic rings. The first-order valence-electron chi connectivity index (χ1n) is 28.9. The summed E-state index contributed by atoms with van der Waals surface area (Å²) >= 11 is 0. The Kier molecular flexibility index (Phi) is 20.4. The summed E-state index contributed by atoms with van der Waals surface area (Å²) in [7, 11) is 1.72. The zero-order chi connectivity index (χ0) is 57.1. The molecule has 0 bridgehead atoms. The number of amides is 6. The first-order chi connectivity index (χ1) is 38.2. The molecule has 1 unspecified atom stereocenters. The Labute approximate surface area is 467 Å². The lowest BCUT2D eigenvalue weighted by molar-refractivity contribution is -0.137. The van der Waals surface area contributed by atoms with Gasteiger partial charge in [-0.2, -0.15) is 13.2 Å². The summed E-state index contributed by atoms with van der Waals surface area (Å²) in [5, 5.41) is 19.2. The van der Waals surface area contributed by atoms with Gasteiger partial charge in [-0.05, 0) is 140 Å². The number of hydrogen-bond donors (Lipinski definition) is 6. The molecule has 19 nitrogen and oxygen atoms in total. The van der Waals surface area contributed by atoms with Crippen LogP contribution in [-0.4, -0.2) is 148 Å². The lowest BCUT2D eigenvalue weighted by Crippen LogP contribution is -2.59. The van der Waals surface area contributed by atoms with Crippen molar-refractivity contribution in [3.05, 3.63) is 59.7 Å². The summed E-state index contributed by atoms with van der Waals surface area (Å²) in [6.07, 6.45) is 9.44. The number of likely N-dealkylation sites (tertiary alicyclic amines) is 2. The zero-order valence-electron chi connectivity index (χ0n) is 47.0. The van der Waals surface area contributed by atoms with E-state index in [9.17, 15) is 41.9 Å². The summed E-state index contributed by atoms with van der Waals surface area (Å²) in [4.78, 5) is 94.9. The number of carbonyl (C=O) groups is 6. The van der Waals surface area contributed by atoms with Crippen molar-refractivity contribution in [2.75, 3.05) is 45.2 Å². The van der Waals surface area contributed by atoms with Gasteiger partial charge in [-0.15, -0.1) is 0 Å². The lowest BCUT2D eigenvalue weighted by Gasteiger charge is -2.43. The third kappa shape index (κ3) is 16.3. The molecule has 22 heteroatoms. The largest absolute Gasteiger partial charge is 0.416 e. The number of benzene rings is 1. The summed E-state index contributed by atoms with van der Waals surface area (Å²) in [5.74, 6) is -0.885. The Morgan fingerprint density at radius 1 is 0.800 bits per heavy atom. The van der Waals surface area contributed by atoms with Gasteiger partial charge in [0.1, 0.15) is 17.7 Å². The molecule has 2 aliphatic heterocycles. The minimum absolute atomic E-state index is 0.00674. The van der Waals surface area contributed by atoms with Crippen LogP contribution in [-0.2, 0) is 50.8 Å². The molecule has 6 amide bonds. The number of hydrogen-bond acceptors (Lipinski definition) is 13. The van der Waals surface area contributed by atoms with E-state index in [1.807, 2.05) is 6.07 Å². The Hall–Kier alpha value is -6.00. The Morgan fingerprint density at radius 2 is 1.51 bits per heavy atom. The Morgan fingerprint density at radius 3 is 2.20 bits per heavy atom. The smallest absolute Gasteiger partial charge is 0.378 e. The predicted octanol–water partition coefficient (Wildman–Crippen LogP) is 6.05. The van der Waals surface area contributed by atoms with Crippen LogP contribution < -0.4 is 31.9 Å². The van der Waals surface area contributed by atoms with Crippen molar-refractivity contribution < 1.29 is 51.4 Å². The number of aryl methyl sites for hydroxylation is 1. The van der Waals surface area contributed by atoms with Gasteiger partial charge in [-0.25, -0.2) is 9.97 Å². The quantitative estimate of drug-likeness (QED) is 0.0629. The number of halogens is 3. The topological polar surface area (TPSA) is 238 Å². The van der Waals surface area contributed by atoms with Gasteiger partial charge in [0, 0.05) is 101 Å². The van der Waals surface area contributed by atoms with Crippen LogP contribution in [0.2, 0.25) is 0 Å². The highest BCUT2D eigenvalue weighted by molar-refractivity contribution is 5.94. The molecule has 3 aliphatic carbocycles. The van der Waals surface area contributed by atoms with Crippen LogP contribution in [0.5, 0.6) is 0 Å². The molecule has 8 rings (SSSR count). The molecule has 80 heavy (non-hydrogen) atoms. The van der Waals surface area contributed by atoms with Gasteiger partial charge < -0.3 is 51.2 Å². The molecule has 1 aromatic carbocycles. The van der Waals surface area contributed by atoms with Gasteiger partial charge in [0.25, 0.3) is 0 Å². The number of nitrogens with one attached hydrogen (secondary N) is 6. The molecule has 438 valence electrons. The SMILES string of the molecule is CC(=O)N[C@@H]1C[C@H](NC(C)(C)C)CC[C@@H]1N1CCC(Nc2nc(CCCNC(=O)C3CCC(NC(=O)CCCOC4CCC(OCCNC(=O)[C@H]5CC(=O)N(C)[C@@H]5c5cccnc5)CC4)CC3)nc3ccc(C(F)(F)F)cc23)C1=O. The first kappa shape index (κ1) is 60.1. The van der Waals surface area contributed by atoms with Gasteiger partial charge in [0.05, 0.1) is 53.9 Å². The van der Waals surface area contributed by atoms with Crippen LogP contribution in [0.25, 0.3) is 10.9 Å². The van der Waals surface area contributed by atoms with Crippen molar-refractivity contribution in [1.29, 1.82) is 0 Å². The van der Waals surface area contributed by atoms with E-state index in [1.165, 1.54) is 13.0 Å². The van der Waals surface area contributed by atoms with Crippen molar-refractivity contribution >= 4 is 52.2 Å². The Balaban J connectivity index is 0.708. The lowest BCUT2D eigenvalue weighted by atomic mass is 9.84. The fraction of sp³-hybridized carbons (Fsp3) is 0.672. The van der Waals surface area contributed by atoms with Crippen LogP contribution in [0.4, 0.5) is 19.0 Å². The second-order valence-electron chi connectivity index (χ2n) is 23.6. The van der Waals surface area contributed by atoms with Gasteiger partial charge >= 0.3 is 6.18 Å². The molecule has 0 spiro atoms. The summed E-state index contributed by atoms with van der Waals surface area (Å²) in [6.45, 7) is 9.72. The van der Waals surface area contributed by atoms with E-state index in [2.05, 4.69) is 67.6 Å². The molecule has 0 radical (unpaired) electrons. The maximum atomic E-state index is 14.1. The van der Waals surface area contributed by atoms with E-state index >= 15 is 0 Å². The maximum absolute atomic E-state index is 14.1. The second kappa shape index (κ2) is 27.2. The number of anilines is 1. The standard InChI is InChI=1S/C58H82F3N11O8/c1-35(73)65-47-32-40(70-57(2,3)4)17-23-48(47)72-28-24-46(56(72)78)68-53-43-31-38(58(59,60)61)14-22-45(43)67-49(69-53)10-7-26-63-54(76)36-12-15-39(16-13-36)66-50(74)11-8-29-79-41-18-20-42(21-19-41)80-30-27-64-55(77)44-33-51(75)71(5)52(44)37-9-6-25-62-34-37/h6,9,14,22,25,31,34,36,39-42,44,46-48,52,70H,7-8,10-13,15-21,23-24,26-30,32-33H2,1-5H3,(H,63,76)(H,64,77)(H,65,73)(H,66,74)(H,67,68,69)/t36?,39?,40-,41?,42?,44+,46?,47-,48+,52-/m1/s1. The van der Waals surface area contributed by atoms with Crippen molar-refractivity contribution in [2.24, 2.45) is 11.8 Å². The molecule has 5 aliphatic rings. The number of ether oxygens (including phenoxy) is 2. The fourth-order valence-electron chi connectivity index (χ4n) is 12.5. The summed E-state index contributed by atoms with van der Waals surface area (Å²) in [6, 6.07) is 5.55. The van der Waals surface area contributed by atoms with Crippen LogP contribution in [0.1, 0.15) is 153 Å². The molecule has 4 heterocycles. The highest BCUT2D eigenvalue weighted by Crippen LogP contribution is 2.38. The number of fused-ring (bicyclic) bond motifs is 1. The summed E-state index contributed by atoms with van der Waals surface area (Å²) < 4.78 is 54.1. The predicted molar refractivity (Wildman–Crippen MR) is 293 cm³/mol. The highest BCUT2D eigenvalue weighted by atomic mass is 19.4. The van der Waals surface area contributed by atoms with Gasteiger partial charge in [0.15, 0.2) is 0 Å². The monoisotopic (exact) mass is 1120 g/mol. The Bertz CT molecular complexity index is 2630. The minimum atomic E-state index is -4.61. The third-order valence-corrected chi connectivity index (χ3v) is 16.4. The molecular formula is C58H82F3N11O8. The molecule has 6 N–H and O–H groups in total. The molecule has 6 atom stereocenters. The van der Waals surface area contributed by atoms with Crippen molar-refractivity contribution in [1.82, 2.24) is 51.3 Å². The number of nitrogens with zero attached hydrogens (tertiary/aromatic N) is 5. The van der Waals surface area contributed by atoms with Crippen molar-refractivity contribution in [3.63, 3.8) is 0 Å². The molecule has 5 fully saturated rings. The zero-order valence-corrected chi connectivity index (χ0v) is 47.0. The minimum Gasteiger partial charge on any atom is -0.378 e. The number of aromatic nitrogens is 3. The van der Waals surface area contributed by atoms with Gasteiger partial charge in [-0.3, -0.25) is 33.8 Å². The van der Waals surface area contributed by atoms with E-state index in [-0.39, 0.29) is 107 Å². The number of rotatable bonds is 22. The average molecular weight is 1120 g/mol. The molecular weight excluding hydrogens is 1040 g/mol. The van der Waals surface area contributed by atoms with Crippen molar-refractivity contribution in [3.8, 4) is 0 Å². The van der Waals surface area contributed by atoms with E-state index in [0.717, 1.165) is 49.8 Å². The van der Waals surface area contributed by atoms with Crippen LogP contribution in [0.3, 0.4) is 0 Å². The maximum Gasteiger partial charge on any atom is 0.416 e. The van der Waals surface area contributed by atoms with E-state index < -0.39 is 23.7 Å². The van der Waals surface area contributed by atoms with Gasteiger partial charge in [0.2, 0.25) is 35.4 Å². The van der Waals surface area contributed by atoms with Gasteiger partial charge in [-0.1, -0.05) is 6.07 Å². The van der Waals surface area contributed by atoms with E-state index in [0.29, 0.717) is 115 Å². The summed E-state index contributed by atoms with van der Waals surface area (Å²) in [5.41, 5.74) is 0.155. The van der Waals surface area contributed by atoms with Crippen LogP contribution in [0.15, 0.2) is 42.7 Å². The third-order valence-electron chi connectivity index (χ3n) is 16.4. The average Bonchev–Trinajstić information content (AvgIpc) is 3.95. The number of alkyl halides is 3. The number of pyridine rings is 1. The number of carbonyl (C=O) groups excluding carboxylic acids is 6. The molecule has 3 saturated carbocycles. The first-order valence-corrected chi connectivity index (χ1v) is 28.9. The van der Waals surface area contributed by atoms with E-state index in [1.54, 1.807) is 35.3 Å². The van der Waals surface area contributed by atoms with E-state index in [4.69, 9.17) is 9.47 Å². The van der Waals surface area contributed by atoms with Crippen LogP contribution >= 0.6 is 0 Å². The second-order valence-corrected chi connectivity index (χ2v) is 23.6. The van der Waals surface area contributed by atoms with Crippen LogP contribution in [0, 0.1) is 11.8 Å².